The van der Waals surface area contributed by atoms with Crippen LogP contribution in [-0.4, -0.2) is 16.5 Å². The molecule has 0 saturated carbocycles. The molecule has 0 heterocycles. The van der Waals surface area contributed by atoms with Gasteiger partial charge in [0.25, 0.3) is 0 Å². The van der Waals surface area contributed by atoms with E-state index in [4.69, 9.17) is 5.53 Å². The van der Waals surface area contributed by atoms with E-state index in [1.54, 1.807) is 6.92 Å². The van der Waals surface area contributed by atoms with Gasteiger partial charge in [-0.15, -0.1) is 0 Å². The fraction of sp³-hybridized carbons (Fsp3) is 0.200. The van der Waals surface area contributed by atoms with E-state index < -0.39 is 5.97 Å². The number of allylic oxidation sites excluding steroid dienone is 1. The van der Waals surface area contributed by atoms with E-state index in [0.29, 0.717) is 0 Å². The number of nitrogens with one attached hydrogen (secondary N) is 1. The van der Waals surface area contributed by atoms with Crippen molar-refractivity contribution in [1.29, 1.82) is 5.53 Å². The van der Waals surface area contributed by atoms with Crippen molar-refractivity contribution >= 4 is 11.7 Å². The Morgan fingerprint density at radius 2 is 2.33 bits per heavy atom. The molecule has 0 aromatic carbocycles. The molecule has 0 rings (SSSR count). The molecule has 0 unspecified atom stereocenters. The Morgan fingerprint density at radius 1 is 1.78 bits per heavy atom. The van der Waals surface area contributed by atoms with E-state index in [2.05, 4.69) is 4.79 Å². The Hall–Kier alpha value is -1.41. The molecule has 0 aliphatic heterocycles. The minimum Gasteiger partial charge on any atom is -0.538 e. The lowest BCUT2D eigenvalue weighted by Gasteiger charge is -1.83. The van der Waals surface area contributed by atoms with E-state index in [0.717, 1.165) is 0 Å². The van der Waals surface area contributed by atoms with Crippen LogP contribution < -0.4 is 5.11 Å². The first-order chi connectivity index (χ1) is 4.22. The van der Waals surface area contributed by atoms with Gasteiger partial charge in [0.05, 0.1) is 10.3 Å². The highest BCUT2D eigenvalue weighted by Gasteiger charge is 2.04. The quantitative estimate of drug-likeness (QED) is 0.292. The van der Waals surface area contributed by atoms with Gasteiger partial charge in [0, 0.05) is 6.08 Å². The van der Waals surface area contributed by atoms with Crippen molar-refractivity contribution in [2.75, 3.05) is 0 Å². The molecule has 0 aromatic heterocycles. The first-order valence-corrected chi connectivity index (χ1v) is 2.30. The number of hydrogen-bond acceptors (Lipinski definition) is 3. The van der Waals surface area contributed by atoms with Gasteiger partial charge >= 0.3 is 5.71 Å². The second-order valence-electron chi connectivity index (χ2n) is 1.28. The van der Waals surface area contributed by atoms with Crippen molar-refractivity contribution in [3.63, 3.8) is 0 Å². The van der Waals surface area contributed by atoms with Crippen molar-refractivity contribution in [3.05, 3.63) is 12.2 Å². The maximum Gasteiger partial charge on any atom is 0.386 e. The van der Waals surface area contributed by atoms with Gasteiger partial charge in [0.15, 0.2) is 5.97 Å². The third kappa shape index (κ3) is 2.41. The van der Waals surface area contributed by atoms with Crippen LogP contribution in [0.25, 0.3) is 0 Å². The summed E-state index contributed by atoms with van der Waals surface area (Å²) in [4.78, 5) is 12.6. The minimum atomic E-state index is -1.43. The van der Waals surface area contributed by atoms with Crippen LogP contribution in [0.1, 0.15) is 6.92 Å². The van der Waals surface area contributed by atoms with Crippen LogP contribution in [0, 0.1) is 5.53 Å². The molecule has 0 aromatic rings. The molecule has 0 saturated heterocycles. The predicted molar refractivity (Wildman–Crippen MR) is 27.8 cm³/mol. The molecule has 0 aliphatic rings. The largest absolute Gasteiger partial charge is 0.538 e. The fourth-order valence-corrected chi connectivity index (χ4v) is 0.309. The third-order valence-electron chi connectivity index (χ3n) is 0.654. The van der Waals surface area contributed by atoms with Crippen molar-refractivity contribution in [2.45, 2.75) is 6.92 Å². The van der Waals surface area contributed by atoms with Gasteiger partial charge in [0.1, 0.15) is 0 Å². The highest BCUT2D eigenvalue weighted by molar-refractivity contribution is 6.36. The maximum absolute atomic E-state index is 9.91. The zero-order valence-electron chi connectivity index (χ0n) is 4.92. The summed E-state index contributed by atoms with van der Waals surface area (Å²) in [7, 11) is 0. The van der Waals surface area contributed by atoms with E-state index >= 15 is 0 Å². The van der Waals surface area contributed by atoms with Crippen LogP contribution in [0.4, 0.5) is 0 Å². The summed E-state index contributed by atoms with van der Waals surface area (Å²) in [5.74, 6) is -1.43. The van der Waals surface area contributed by atoms with Gasteiger partial charge in [-0.05, 0) is 6.92 Å². The number of carboxylic acids is 1. The molecule has 0 radical (unpaired) electrons. The van der Waals surface area contributed by atoms with E-state index in [9.17, 15) is 9.90 Å². The van der Waals surface area contributed by atoms with Crippen molar-refractivity contribution < 1.29 is 14.7 Å². The summed E-state index contributed by atoms with van der Waals surface area (Å²) in [6, 6.07) is 0. The van der Waals surface area contributed by atoms with Gasteiger partial charge in [-0.3, -0.25) is 0 Å². The summed E-state index contributed by atoms with van der Waals surface area (Å²) in [6.45, 7) is 1.63. The summed E-state index contributed by atoms with van der Waals surface area (Å²) < 4.78 is 0. The smallest absolute Gasteiger partial charge is 0.386 e. The fourth-order valence-electron chi connectivity index (χ4n) is 0.309. The number of carbonyl (C=O) groups is 1. The van der Waals surface area contributed by atoms with E-state index in [1.807, 2.05) is 0 Å². The average molecular weight is 126 g/mol. The lowest BCUT2D eigenvalue weighted by molar-refractivity contribution is -0.298. The molecular formula is C5H6N2O2. The normalized spacial score (nSPS) is 9.00. The Balaban J connectivity index is 4.38. The molecule has 4 heteroatoms. The first-order valence-electron chi connectivity index (χ1n) is 2.30. The number of aliphatic carboxylic acids is 1. The Kier molecular flexibility index (Phi) is 3.01. The summed E-state index contributed by atoms with van der Waals surface area (Å²) in [6.07, 6.45) is 2.67. The van der Waals surface area contributed by atoms with Gasteiger partial charge in [-0.25, -0.2) is 0 Å². The number of rotatable bonds is 2. The summed E-state index contributed by atoms with van der Waals surface area (Å²) in [5, 5.41) is 9.91. The lowest BCUT2D eigenvalue weighted by atomic mass is 10.3. The van der Waals surface area contributed by atoms with Crippen LogP contribution in [-0.2, 0) is 4.79 Å². The molecule has 4 nitrogen and oxygen atoms in total. The standard InChI is InChI=1S/C5H6N2O2/c1-2-3-4(7-6)5(8)9/h2-3,6H,1H3. The molecule has 0 spiro atoms. The zero-order valence-corrected chi connectivity index (χ0v) is 4.92. The number of carboxylic acid groups (broad SMARTS) is 1. The topological polar surface area (TPSA) is 78.1 Å². The molecule has 0 bridgehead atoms. The predicted octanol–water partition coefficient (Wildman–Crippen LogP) is -1.01. The van der Waals surface area contributed by atoms with Crippen molar-refractivity contribution in [3.8, 4) is 0 Å². The maximum atomic E-state index is 9.91. The van der Waals surface area contributed by atoms with Crippen LogP contribution >= 0.6 is 0 Å². The molecule has 0 aliphatic carbocycles. The van der Waals surface area contributed by atoms with E-state index in [-0.39, 0.29) is 5.71 Å². The van der Waals surface area contributed by atoms with Crippen molar-refractivity contribution in [2.24, 2.45) is 0 Å². The van der Waals surface area contributed by atoms with E-state index in [1.165, 1.54) is 12.2 Å². The highest BCUT2D eigenvalue weighted by Crippen LogP contribution is 1.72. The molecule has 0 atom stereocenters. The van der Waals surface area contributed by atoms with Gasteiger partial charge in [-0.1, -0.05) is 6.08 Å². The monoisotopic (exact) mass is 126 g/mol. The second kappa shape index (κ2) is 3.57. The molecular weight excluding hydrogens is 120 g/mol. The summed E-state index contributed by atoms with van der Waals surface area (Å²) in [5.41, 5.74) is 5.95. The Bertz CT molecular complexity index is 189. The number of hydrogen-bond donors (Lipinski definition) is 1. The SMILES string of the molecule is CC=CC(=[N+]=N)C(=O)[O-]. The second-order valence-corrected chi connectivity index (χ2v) is 1.28. The number of carbonyl (C=O) groups excluding carboxylic acids is 1. The Morgan fingerprint density at radius 3 is 2.44 bits per heavy atom. The molecule has 1 N–H and O–H groups in total. The number of nitrogens with zero attached hydrogens (tertiary/aromatic N) is 1. The first kappa shape index (κ1) is 7.59. The average Bonchev–Trinajstić information content (AvgIpc) is 1.82. The third-order valence-corrected chi connectivity index (χ3v) is 0.654. The molecule has 48 valence electrons. The van der Waals surface area contributed by atoms with Gasteiger partial charge in [0.2, 0.25) is 0 Å². The van der Waals surface area contributed by atoms with Crippen LogP contribution in [0.2, 0.25) is 0 Å². The minimum absolute atomic E-state index is 0.363. The molecule has 9 heavy (non-hydrogen) atoms. The Labute approximate surface area is 52.0 Å². The zero-order chi connectivity index (χ0) is 7.28. The van der Waals surface area contributed by atoms with Crippen LogP contribution in [0.3, 0.4) is 0 Å². The van der Waals surface area contributed by atoms with Crippen molar-refractivity contribution in [1.82, 2.24) is 0 Å². The highest BCUT2D eigenvalue weighted by atomic mass is 16.4. The lowest BCUT2D eigenvalue weighted by Crippen LogP contribution is -2.30. The van der Waals surface area contributed by atoms with Gasteiger partial charge < -0.3 is 9.90 Å². The van der Waals surface area contributed by atoms with Gasteiger partial charge in [-0.2, -0.15) is 0 Å². The van der Waals surface area contributed by atoms with Crippen LogP contribution in [0.5, 0.6) is 0 Å². The van der Waals surface area contributed by atoms with Crippen LogP contribution in [0.15, 0.2) is 12.2 Å². The summed E-state index contributed by atoms with van der Waals surface area (Å²) >= 11 is 0. The molecule has 0 amide bonds. The molecule has 0 fully saturated rings.